The molecule has 1 aliphatic rings. The summed E-state index contributed by atoms with van der Waals surface area (Å²) in [6, 6.07) is 9.72. The van der Waals surface area contributed by atoms with E-state index >= 15 is 0 Å². The number of pyridine rings is 2. The summed E-state index contributed by atoms with van der Waals surface area (Å²) in [6.45, 7) is 5.70. The molecule has 6 nitrogen and oxygen atoms in total. The average molecular weight is 329 g/mol. The van der Waals surface area contributed by atoms with Gasteiger partial charge in [0.05, 0.1) is 20.3 Å². The van der Waals surface area contributed by atoms with Crippen molar-refractivity contribution in [2.75, 3.05) is 33.4 Å². The summed E-state index contributed by atoms with van der Waals surface area (Å²) in [4.78, 5) is 11.0. The van der Waals surface area contributed by atoms with Gasteiger partial charge >= 0.3 is 0 Å². The van der Waals surface area contributed by atoms with Gasteiger partial charge < -0.3 is 14.2 Å². The van der Waals surface area contributed by atoms with E-state index in [1.165, 1.54) is 0 Å². The van der Waals surface area contributed by atoms with Crippen LogP contribution in [0.1, 0.15) is 11.3 Å². The minimum Gasteiger partial charge on any atom is -0.481 e. The summed E-state index contributed by atoms with van der Waals surface area (Å²) in [7, 11) is 1.62. The highest BCUT2D eigenvalue weighted by atomic mass is 16.5. The second kappa shape index (κ2) is 8.08. The zero-order valence-electron chi connectivity index (χ0n) is 14.1. The van der Waals surface area contributed by atoms with Crippen LogP contribution in [-0.4, -0.2) is 54.4 Å². The number of nitrogens with zero attached hydrogens (tertiary/aromatic N) is 3. The minimum absolute atomic E-state index is 0.0343. The minimum atomic E-state index is -0.0343. The molecule has 1 fully saturated rings. The molecule has 0 aromatic carbocycles. The van der Waals surface area contributed by atoms with E-state index in [0.717, 1.165) is 30.9 Å². The Labute approximate surface area is 142 Å². The maximum atomic E-state index is 6.01. The summed E-state index contributed by atoms with van der Waals surface area (Å²) < 4.78 is 16.8. The lowest BCUT2D eigenvalue weighted by molar-refractivity contribution is 0.0682. The van der Waals surface area contributed by atoms with E-state index in [2.05, 4.69) is 14.9 Å². The smallest absolute Gasteiger partial charge is 0.213 e. The van der Waals surface area contributed by atoms with Crippen molar-refractivity contribution < 1.29 is 14.2 Å². The quantitative estimate of drug-likeness (QED) is 0.837. The molecule has 0 unspecified atom stereocenters. The van der Waals surface area contributed by atoms with Crippen molar-refractivity contribution >= 4 is 0 Å². The number of hydrogen-bond acceptors (Lipinski definition) is 6. The Morgan fingerprint density at radius 1 is 1.25 bits per heavy atom. The number of hydrogen-bond donors (Lipinski definition) is 0. The highest BCUT2D eigenvalue weighted by Crippen LogP contribution is 2.14. The number of methoxy groups -OCH3 is 1. The lowest BCUT2D eigenvalue weighted by Crippen LogP contribution is -2.35. The summed E-state index contributed by atoms with van der Waals surface area (Å²) >= 11 is 0. The third-order valence-electron chi connectivity index (χ3n) is 3.88. The molecule has 3 rings (SSSR count). The Kier molecular flexibility index (Phi) is 5.61. The van der Waals surface area contributed by atoms with Crippen molar-refractivity contribution in [2.45, 2.75) is 19.6 Å². The second-order valence-electron chi connectivity index (χ2n) is 5.88. The monoisotopic (exact) mass is 329 g/mol. The van der Waals surface area contributed by atoms with E-state index in [1.54, 1.807) is 7.11 Å². The van der Waals surface area contributed by atoms with Crippen LogP contribution >= 0.6 is 0 Å². The maximum Gasteiger partial charge on any atom is 0.213 e. The summed E-state index contributed by atoms with van der Waals surface area (Å²) in [5.41, 5.74) is 2.09. The number of aryl methyl sites for hydroxylation is 1. The second-order valence-corrected chi connectivity index (χ2v) is 5.88. The number of rotatable bonds is 5. The first kappa shape index (κ1) is 16.7. The number of ether oxygens (including phenoxy) is 3. The third kappa shape index (κ3) is 4.66. The van der Waals surface area contributed by atoms with Gasteiger partial charge in [-0.15, -0.1) is 0 Å². The maximum absolute atomic E-state index is 6.01. The normalized spacial score (nSPS) is 18.8. The van der Waals surface area contributed by atoms with Crippen molar-refractivity contribution in [2.24, 2.45) is 0 Å². The van der Waals surface area contributed by atoms with Crippen LogP contribution in [0.15, 0.2) is 36.5 Å². The van der Waals surface area contributed by atoms with Gasteiger partial charge in [0.1, 0.15) is 6.10 Å². The molecule has 6 heteroatoms. The van der Waals surface area contributed by atoms with Crippen molar-refractivity contribution in [1.82, 2.24) is 14.9 Å². The van der Waals surface area contributed by atoms with E-state index in [9.17, 15) is 0 Å². The topological polar surface area (TPSA) is 56.7 Å². The van der Waals surface area contributed by atoms with Crippen LogP contribution in [0.5, 0.6) is 11.8 Å². The molecule has 1 atom stereocenters. The lowest BCUT2D eigenvalue weighted by atomic mass is 10.2. The van der Waals surface area contributed by atoms with Crippen LogP contribution in [0.2, 0.25) is 0 Å². The Morgan fingerprint density at radius 2 is 2.17 bits per heavy atom. The van der Waals surface area contributed by atoms with Gasteiger partial charge in [-0.25, -0.2) is 9.97 Å². The molecule has 24 heavy (non-hydrogen) atoms. The molecular formula is C18H23N3O3. The molecule has 0 aliphatic carbocycles. The van der Waals surface area contributed by atoms with Crippen LogP contribution in [0.25, 0.3) is 0 Å². The first-order valence-corrected chi connectivity index (χ1v) is 8.12. The lowest BCUT2D eigenvalue weighted by Gasteiger charge is -2.23. The van der Waals surface area contributed by atoms with Gasteiger partial charge in [-0.3, -0.25) is 4.90 Å². The zero-order chi connectivity index (χ0) is 16.8. The van der Waals surface area contributed by atoms with Gasteiger partial charge in [-0.1, -0.05) is 12.1 Å². The van der Waals surface area contributed by atoms with Crippen LogP contribution in [-0.2, 0) is 11.3 Å². The molecule has 128 valence electrons. The van der Waals surface area contributed by atoms with Crippen molar-refractivity contribution in [3.05, 3.63) is 47.8 Å². The predicted octanol–water partition coefficient (Wildman–Crippen LogP) is 2.07. The molecular weight excluding hydrogens is 306 g/mol. The van der Waals surface area contributed by atoms with Gasteiger partial charge in [0.2, 0.25) is 11.8 Å². The molecule has 1 aliphatic heterocycles. The van der Waals surface area contributed by atoms with E-state index in [-0.39, 0.29) is 6.10 Å². The average Bonchev–Trinajstić information content (AvgIpc) is 2.80. The fraction of sp³-hybridized carbons (Fsp3) is 0.444. The predicted molar refractivity (Wildman–Crippen MR) is 90.3 cm³/mol. The Morgan fingerprint density at radius 3 is 2.92 bits per heavy atom. The highest BCUT2D eigenvalue weighted by Gasteiger charge is 2.20. The van der Waals surface area contributed by atoms with E-state index in [4.69, 9.17) is 14.2 Å². The summed E-state index contributed by atoms with van der Waals surface area (Å²) in [5, 5.41) is 0. The van der Waals surface area contributed by atoms with Gasteiger partial charge in [0.25, 0.3) is 0 Å². The van der Waals surface area contributed by atoms with Crippen LogP contribution < -0.4 is 9.47 Å². The molecule has 2 aromatic heterocycles. The number of aromatic nitrogens is 2. The van der Waals surface area contributed by atoms with Crippen molar-refractivity contribution in [3.8, 4) is 11.8 Å². The molecule has 0 amide bonds. The fourth-order valence-electron chi connectivity index (χ4n) is 2.69. The van der Waals surface area contributed by atoms with Crippen LogP contribution in [0.3, 0.4) is 0 Å². The van der Waals surface area contributed by atoms with Crippen molar-refractivity contribution in [3.63, 3.8) is 0 Å². The molecule has 0 radical (unpaired) electrons. The van der Waals surface area contributed by atoms with Crippen LogP contribution in [0, 0.1) is 6.92 Å². The first-order chi connectivity index (χ1) is 11.7. The Bertz CT molecular complexity index is 648. The Balaban J connectivity index is 1.61. The van der Waals surface area contributed by atoms with E-state index in [0.29, 0.717) is 25.0 Å². The van der Waals surface area contributed by atoms with Gasteiger partial charge in [-0.05, 0) is 18.6 Å². The zero-order valence-corrected chi connectivity index (χ0v) is 14.1. The summed E-state index contributed by atoms with van der Waals surface area (Å²) in [6.07, 6.45) is 1.82. The first-order valence-electron chi connectivity index (χ1n) is 8.12. The highest BCUT2D eigenvalue weighted by molar-refractivity contribution is 5.18. The third-order valence-corrected chi connectivity index (χ3v) is 3.88. The Hall–Kier alpha value is -2.18. The van der Waals surface area contributed by atoms with E-state index < -0.39 is 0 Å². The van der Waals surface area contributed by atoms with Crippen molar-refractivity contribution in [1.29, 1.82) is 0 Å². The largest absolute Gasteiger partial charge is 0.481 e. The molecule has 2 aromatic rings. The standard InChI is InChI=1S/C18H23N3O3/c1-14-4-3-5-18(20-14)24-16-12-21(8-9-23-13-16)11-15-6-7-17(22-2)19-10-15/h3-7,10,16H,8-9,11-13H2,1-2H3/t16-/m1/s1. The molecule has 0 saturated carbocycles. The van der Waals surface area contributed by atoms with E-state index in [1.807, 2.05) is 43.5 Å². The molecule has 0 N–H and O–H groups in total. The molecule has 1 saturated heterocycles. The van der Waals surface area contributed by atoms with Gasteiger partial charge in [-0.2, -0.15) is 0 Å². The molecule has 0 bridgehead atoms. The summed E-state index contributed by atoms with van der Waals surface area (Å²) in [5.74, 6) is 1.28. The molecule has 0 spiro atoms. The van der Waals surface area contributed by atoms with Crippen LogP contribution in [0.4, 0.5) is 0 Å². The molecule has 3 heterocycles. The van der Waals surface area contributed by atoms with Gasteiger partial charge in [0.15, 0.2) is 0 Å². The SMILES string of the molecule is COc1ccc(CN2CCOC[C@H](Oc3cccc(C)n3)C2)cn1. The fourth-order valence-corrected chi connectivity index (χ4v) is 2.69. The van der Waals surface area contributed by atoms with Gasteiger partial charge in [0, 0.05) is 43.7 Å².